The van der Waals surface area contributed by atoms with Crippen LogP contribution in [0.3, 0.4) is 0 Å². The number of rotatable bonds is 5. The Kier molecular flexibility index (Phi) is 4.01. The van der Waals surface area contributed by atoms with E-state index in [-0.39, 0.29) is 5.69 Å². The number of nitrogens with zero attached hydrogens (tertiary/aromatic N) is 1. The first kappa shape index (κ1) is 13.8. The maximum atomic E-state index is 11.9. The first-order chi connectivity index (χ1) is 10.3. The lowest BCUT2D eigenvalue weighted by Gasteiger charge is -2.06. The van der Waals surface area contributed by atoms with E-state index in [1.54, 1.807) is 16.3 Å². The number of imidazole rings is 1. The molecule has 0 unspecified atom stereocenters. The zero-order valence-electron chi connectivity index (χ0n) is 11.6. The normalized spacial score (nSPS) is 11.0. The molecule has 0 amide bonds. The lowest BCUT2D eigenvalue weighted by molar-refractivity contribution is 0.679. The molecule has 0 aliphatic carbocycles. The third kappa shape index (κ3) is 2.97. The number of para-hydroxylation sites is 3. The van der Waals surface area contributed by atoms with Crippen LogP contribution >= 0.6 is 11.8 Å². The lowest BCUT2D eigenvalue weighted by atomic mass is 10.3. The molecule has 2 aromatic carbocycles. The summed E-state index contributed by atoms with van der Waals surface area (Å²) in [5.41, 5.74) is 8.54. The van der Waals surface area contributed by atoms with Gasteiger partial charge in [-0.25, -0.2) is 4.79 Å². The SMILES string of the molecule is Nc1ccccc1SCCCn1c(=O)[nH]c2ccccc21. The number of nitrogens with two attached hydrogens (primary N) is 1. The molecular formula is C16H17N3OS. The lowest BCUT2D eigenvalue weighted by Crippen LogP contribution is -2.17. The van der Waals surface area contributed by atoms with Gasteiger partial charge in [-0.15, -0.1) is 11.8 Å². The van der Waals surface area contributed by atoms with Gasteiger partial charge in [-0.1, -0.05) is 24.3 Å². The highest BCUT2D eigenvalue weighted by atomic mass is 32.2. The number of nitrogens with one attached hydrogen (secondary N) is 1. The standard InChI is InChI=1S/C16H17N3OS/c17-12-6-1-4-9-15(12)21-11-5-10-19-14-8-3-2-7-13(14)18-16(19)20/h1-4,6-9H,5,10-11,17H2,(H,18,20). The molecule has 0 radical (unpaired) electrons. The van der Waals surface area contributed by atoms with E-state index in [1.165, 1.54) is 0 Å². The van der Waals surface area contributed by atoms with E-state index >= 15 is 0 Å². The molecule has 3 rings (SSSR count). The minimum absolute atomic E-state index is 0.0413. The summed E-state index contributed by atoms with van der Waals surface area (Å²) < 4.78 is 1.80. The Hall–Kier alpha value is -2.14. The van der Waals surface area contributed by atoms with Crippen molar-refractivity contribution in [1.82, 2.24) is 9.55 Å². The average Bonchev–Trinajstić information content (AvgIpc) is 2.81. The fraction of sp³-hybridized carbons (Fsp3) is 0.188. The summed E-state index contributed by atoms with van der Waals surface area (Å²) in [7, 11) is 0. The fourth-order valence-electron chi connectivity index (χ4n) is 2.35. The van der Waals surface area contributed by atoms with Crippen LogP contribution in [0.5, 0.6) is 0 Å². The summed E-state index contributed by atoms with van der Waals surface area (Å²) >= 11 is 1.73. The van der Waals surface area contributed by atoms with Crippen LogP contribution in [0.2, 0.25) is 0 Å². The predicted octanol–water partition coefficient (Wildman–Crippen LogP) is 3.09. The second kappa shape index (κ2) is 6.10. The Bertz CT molecular complexity index is 806. The van der Waals surface area contributed by atoms with Crippen LogP contribution in [0.15, 0.2) is 58.2 Å². The highest BCUT2D eigenvalue weighted by molar-refractivity contribution is 7.99. The smallest absolute Gasteiger partial charge is 0.326 e. The monoisotopic (exact) mass is 299 g/mol. The Morgan fingerprint density at radius 1 is 1.10 bits per heavy atom. The number of hydrogen-bond acceptors (Lipinski definition) is 3. The van der Waals surface area contributed by atoms with Gasteiger partial charge >= 0.3 is 5.69 Å². The van der Waals surface area contributed by atoms with Crippen molar-refractivity contribution in [2.24, 2.45) is 0 Å². The summed E-state index contributed by atoms with van der Waals surface area (Å²) in [4.78, 5) is 15.9. The maximum Gasteiger partial charge on any atom is 0.326 e. The number of anilines is 1. The van der Waals surface area contributed by atoms with Crippen molar-refractivity contribution < 1.29 is 0 Å². The number of hydrogen-bond donors (Lipinski definition) is 2. The summed E-state index contributed by atoms with van der Waals surface area (Å²) in [6.07, 6.45) is 0.917. The van der Waals surface area contributed by atoms with Crippen molar-refractivity contribution >= 4 is 28.5 Å². The topological polar surface area (TPSA) is 63.8 Å². The molecule has 0 aliphatic heterocycles. The fourth-order valence-corrected chi connectivity index (χ4v) is 3.25. The molecule has 0 saturated heterocycles. The summed E-state index contributed by atoms with van der Waals surface area (Å²) in [5, 5.41) is 0. The van der Waals surface area contributed by atoms with E-state index in [1.807, 2.05) is 48.5 Å². The molecule has 0 saturated carbocycles. The molecule has 0 bridgehead atoms. The number of fused-ring (bicyclic) bond motifs is 1. The second-order valence-electron chi connectivity index (χ2n) is 4.84. The van der Waals surface area contributed by atoms with Crippen LogP contribution < -0.4 is 11.4 Å². The number of aromatic amines is 1. The first-order valence-electron chi connectivity index (χ1n) is 6.90. The highest BCUT2D eigenvalue weighted by Crippen LogP contribution is 2.25. The van der Waals surface area contributed by atoms with Crippen LogP contribution in [-0.2, 0) is 6.54 Å². The van der Waals surface area contributed by atoms with Crippen molar-refractivity contribution in [2.75, 3.05) is 11.5 Å². The van der Waals surface area contributed by atoms with Crippen LogP contribution in [0.1, 0.15) is 6.42 Å². The van der Waals surface area contributed by atoms with Gasteiger partial charge < -0.3 is 10.7 Å². The molecule has 1 aromatic heterocycles. The van der Waals surface area contributed by atoms with Gasteiger partial charge in [-0.05, 0) is 36.4 Å². The number of H-pyrrole nitrogens is 1. The highest BCUT2D eigenvalue weighted by Gasteiger charge is 2.05. The largest absolute Gasteiger partial charge is 0.398 e. The first-order valence-corrected chi connectivity index (χ1v) is 7.89. The van der Waals surface area contributed by atoms with Crippen molar-refractivity contribution in [3.8, 4) is 0 Å². The van der Waals surface area contributed by atoms with Crippen LogP contribution in [0.4, 0.5) is 5.69 Å². The molecule has 3 N–H and O–H groups in total. The van der Waals surface area contributed by atoms with Gasteiger partial charge in [0.2, 0.25) is 0 Å². The maximum absolute atomic E-state index is 11.9. The molecule has 5 heteroatoms. The molecule has 3 aromatic rings. The third-order valence-corrected chi connectivity index (χ3v) is 4.56. The average molecular weight is 299 g/mol. The van der Waals surface area contributed by atoms with Gasteiger partial charge in [-0.2, -0.15) is 0 Å². The Morgan fingerprint density at radius 2 is 1.86 bits per heavy atom. The van der Waals surface area contributed by atoms with Crippen molar-refractivity contribution in [1.29, 1.82) is 0 Å². The van der Waals surface area contributed by atoms with Gasteiger partial charge in [0.15, 0.2) is 0 Å². The van der Waals surface area contributed by atoms with Crippen LogP contribution in [0, 0.1) is 0 Å². The molecular weight excluding hydrogens is 282 g/mol. The molecule has 108 valence electrons. The van der Waals surface area contributed by atoms with Crippen LogP contribution in [-0.4, -0.2) is 15.3 Å². The van der Waals surface area contributed by atoms with Crippen molar-refractivity contribution in [3.63, 3.8) is 0 Å². The summed E-state index contributed by atoms with van der Waals surface area (Å²) in [5.74, 6) is 0.931. The van der Waals surface area contributed by atoms with E-state index < -0.39 is 0 Å². The summed E-state index contributed by atoms with van der Waals surface area (Å²) in [6.45, 7) is 0.711. The quantitative estimate of drug-likeness (QED) is 0.432. The van der Waals surface area contributed by atoms with E-state index in [2.05, 4.69) is 4.98 Å². The van der Waals surface area contributed by atoms with Crippen molar-refractivity contribution in [3.05, 3.63) is 59.0 Å². The van der Waals surface area contributed by atoms with E-state index in [4.69, 9.17) is 5.73 Å². The van der Waals surface area contributed by atoms with Gasteiger partial charge in [0, 0.05) is 17.1 Å². The minimum Gasteiger partial charge on any atom is -0.398 e. The van der Waals surface area contributed by atoms with Crippen molar-refractivity contribution in [2.45, 2.75) is 17.9 Å². The third-order valence-electron chi connectivity index (χ3n) is 3.38. The Labute approximate surface area is 127 Å². The number of aromatic nitrogens is 2. The number of nitrogen functional groups attached to an aromatic ring is 1. The van der Waals surface area contributed by atoms with Crippen LogP contribution in [0.25, 0.3) is 11.0 Å². The van der Waals surface area contributed by atoms with Gasteiger partial charge in [0.25, 0.3) is 0 Å². The molecule has 0 spiro atoms. The molecule has 0 aliphatic rings. The molecule has 21 heavy (non-hydrogen) atoms. The Morgan fingerprint density at radius 3 is 2.71 bits per heavy atom. The van der Waals surface area contributed by atoms with E-state index in [9.17, 15) is 4.79 Å². The number of aryl methyl sites for hydroxylation is 1. The van der Waals surface area contributed by atoms with Gasteiger partial charge in [-0.3, -0.25) is 4.57 Å². The number of benzene rings is 2. The number of thioether (sulfide) groups is 1. The molecule has 0 fully saturated rings. The molecule has 0 atom stereocenters. The molecule has 4 nitrogen and oxygen atoms in total. The second-order valence-corrected chi connectivity index (χ2v) is 5.98. The van der Waals surface area contributed by atoms with E-state index in [0.29, 0.717) is 6.54 Å². The predicted molar refractivity (Wildman–Crippen MR) is 88.8 cm³/mol. The van der Waals surface area contributed by atoms with Gasteiger partial charge in [0.05, 0.1) is 11.0 Å². The van der Waals surface area contributed by atoms with E-state index in [0.717, 1.165) is 33.8 Å². The zero-order chi connectivity index (χ0) is 14.7. The summed E-state index contributed by atoms with van der Waals surface area (Å²) in [6, 6.07) is 15.6. The zero-order valence-corrected chi connectivity index (χ0v) is 12.4. The van der Waals surface area contributed by atoms with Gasteiger partial charge in [0.1, 0.15) is 0 Å². The Balaban J connectivity index is 1.64. The minimum atomic E-state index is -0.0413. The molecule has 1 heterocycles.